The number of hydrogen-bond acceptors (Lipinski definition) is 3. The monoisotopic (exact) mass is 845 g/mol. The topological polar surface area (TPSA) is 44.9 Å². The molecular weight excluding hydrogens is 808 g/mol. The van der Waals surface area contributed by atoms with Crippen molar-refractivity contribution in [3.63, 3.8) is 0 Å². The second-order valence-electron chi connectivity index (χ2n) is 12.3. The summed E-state index contributed by atoms with van der Waals surface area (Å²) in [6, 6.07) is 43.9. The van der Waals surface area contributed by atoms with Gasteiger partial charge in [0.1, 0.15) is 5.82 Å². The zero-order chi connectivity index (χ0) is 37.4. The maximum atomic E-state index is 8.81. The van der Waals surface area contributed by atoms with Gasteiger partial charge in [-0.15, -0.1) is 41.3 Å². The molecule has 0 saturated heterocycles. The molecule has 9 aromatic rings. The van der Waals surface area contributed by atoms with Crippen LogP contribution in [0.3, 0.4) is 0 Å². The van der Waals surface area contributed by atoms with Gasteiger partial charge in [0.2, 0.25) is 0 Å². The van der Waals surface area contributed by atoms with Crippen LogP contribution in [-0.4, -0.2) is 19.1 Å². The Labute approximate surface area is 317 Å². The van der Waals surface area contributed by atoms with Gasteiger partial charge in [-0.3, -0.25) is 0 Å². The largest absolute Gasteiger partial charge is 2.00 e. The van der Waals surface area contributed by atoms with Gasteiger partial charge in [-0.25, -0.2) is 4.98 Å². The van der Waals surface area contributed by atoms with E-state index < -0.39 is 12.7 Å². The van der Waals surface area contributed by atoms with Crippen molar-refractivity contribution in [3.05, 3.63) is 156 Å². The van der Waals surface area contributed by atoms with Gasteiger partial charge in [0.15, 0.2) is 0 Å². The van der Waals surface area contributed by atoms with Gasteiger partial charge >= 0.3 is 21.1 Å². The molecule has 0 aliphatic carbocycles. The summed E-state index contributed by atoms with van der Waals surface area (Å²) < 4.78 is 45.7. The molecule has 0 saturated carbocycles. The summed E-state index contributed by atoms with van der Waals surface area (Å²) in [4.78, 5) is 9.40. The van der Waals surface area contributed by atoms with E-state index in [0.29, 0.717) is 39.5 Å². The number of rotatable bonds is 7. The number of nitrogens with zero attached hydrogens (tertiary/aromatic N) is 4. The first-order valence-corrected chi connectivity index (χ1v) is 16.6. The molecule has 5 nitrogen and oxygen atoms in total. The Kier molecular flexibility index (Phi) is 7.37. The van der Waals surface area contributed by atoms with E-state index in [1.807, 2.05) is 115 Å². The summed E-state index contributed by atoms with van der Waals surface area (Å²) in [6.07, 6.45) is 0.199. The van der Waals surface area contributed by atoms with Crippen molar-refractivity contribution < 1.29 is 31.3 Å². The molecule has 9 rings (SSSR count). The molecule has 0 N–H and O–H groups in total. The summed E-state index contributed by atoms with van der Waals surface area (Å²) in [5, 5.41) is 3.71. The Morgan fingerprint density at radius 2 is 1.33 bits per heavy atom. The van der Waals surface area contributed by atoms with E-state index >= 15 is 0 Å². The first-order chi connectivity index (χ1) is 26.0. The van der Waals surface area contributed by atoms with Crippen molar-refractivity contribution in [2.24, 2.45) is 0 Å². The van der Waals surface area contributed by atoms with E-state index in [2.05, 4.69) is 33.8 Å². The standard InChI is InChI=1S/C45H34N4O.Pt/c1-4-30-11-9-16-38-39-17-10-12-31(5-2)45(39)48(44(30)38)33-22-24-47-43(27-33)49-41-18-7-6-15-36(41)37-20-19-35(28-42(37)49)50-34-14-8-13-32(26-34)40-25-29(3)21-23-46-40;/h6-25,27H,4-5H2,1-3H3;/q-2;+2/i4D2,5D2;. The summed E-state index contributed by atoms with van der Waals surface area (Å²) >= 11 is 0. The number of benzene rings is 5. The molecule has 0 atom stereocenters. The number of aryl methyl sites for hydroxylation is 3. The molecular formula is C45H34N4OPt. The van der Waals surface area contributed by atoms with Crippen LogP contribution in [0.15, 0.2) is 128 Å². The zero-order valence-corrected chi connectivity index (χ0v) is 30.4. The molecule has 250 valence electrons. The van der Waals surface area contributed by atoms with Crippen molar-refractivity contribution in [1.29, 1.82) is 0 Å². The van der Waals surface area contributed by atoms with Crippen LogP contribution in [0.25, 0.3) is 66.4 Å². The molecule has 4 heterocycles. The van der Waals surface area contributed by atoms with Gasteiger partial charge in [0, 0.05) is 51.7 Å². The van der Waals surface area contributed by atoms with E-state index in [-0.39, 0.29) is 21.1 Å². The van der Waals surface area contributed by atoms with E-state index in [1.165, 1.54) is 0 Å². The van der Waals surface area contributed by atoms with Crippen molar-refractivity contribution in [2.45, 2.75) is 33.5 Å². The van der Waals surface area contributed by atoms with Crippen LogP contribution in [0.2, 0.25) is 0 Å². The summed E-state index contributed by atoms with van der Waals surface area (Å²) in [7, 11) is 0. The first kappa shape index (κ1) is 28.2. The third kappa shape index (κ3) is 5.53. The molecule has 4 aromatic heterocycles. The molecule has 0 aliphatic heterocycles. The van der Waals surface area contributed by atoms with Crippen molar-refractivity contribution in [2.75, 3.05) is 0 Å². The fraction of sp³-hybridized carbons (Fsp3) is 0.111. The van der Waals surface area contributed by atoms with E-state index in [9.17, 15) is 0 Å². The molecule has 0 amide bonds. The number of pyridine rings is 2. The second kappa shape index (κ2) is 13.3. The van der Waals surface area contributed by atoms with Gasteiger partial charge in [-0.05, 0) is 60.1 Å². The van der Waals surface area contributed by atoms with Crippen LogP contribution in [0, 0.1) is 19.1 Å². The third-order valence-electron chi connectivity index (χ3n) is 9.30. The van der Waals surface area contributed by atoms with Gasteiger partial charge in [0.25, 0.3) is 0 Å². The molecule has 0 spiro atoms. The minimum atomic E-state index is -1.67. The fourth-order valence-corrected chi connectivity index (χ4v) is 7.08. The number of fused-ring (bicyclic) bond motifs is 6. The average Bonchev–Trinajstić information content (AvgIpc) is 3.67. The minimum absolute atomic E-state index is 0. The van der Waals surface area contributed by atoms with Crippen LogP contribution in [0.4, 0.5) is 0 Å². The van der Waals surface area contributed by atoms with Crippen molar-refractivity contribution in [3.8, 4) is 34.3 Å². The molecule has 0 unspecified atom stereocenters. The predicted octanol–water partition coefficient (Wildman–Crippen LogP) is 11.2. The normalized spacial score (nSPS) is 13.2. The van der Waals surface area contributed by atoms with Crippen molar-refractivity contribution in [1.82, 2.24) is 19.1 Å². The van der Waals surface area contributed by atoms with Crippen LogP contribution < -0.4 is 4.74 Å². The van der Waals surface area contributed by atoms with E-state index in [4.69, 9.17) is 15.2 Å². The minimum Gasteiger partial charge on any atom is -0.503 e. The number of aromatic nitrogens is 4. The average molecular weight is 846 g/mol. The van der Waals surface area contributed by atoms with Crippen LogP contribution in [0.5, 0.6) is 11.5 Å². The fourth-order valence-electron chi connectivity index (χ4n) is 7.08. The third-order valence-corrected chi connectivity index (χ3v) is 9.30. The quantitative estimate of drug-likeness (QED) is 0.150. The maximum Gasteiger partial charge on any atom is 2.00 e. The predicted molar refractivity (Wildman–Crippen MR) is 204 cm³/mol. The van der Waals surface area contributed by atoms with E-state index in [1.54, 1.807) is 26.2 Å². The van der Waals surface area contributed by atoms with E-state index in [0.717, 1.165) is 55.1 Å². The smallest absolute Gasteiger partial charge is 0.503 e. The number of ether oxygens (including phenoxy) is 1. The van der Waals surface area contributed by atoms with Gasteiger partial charge in [0.05, 0.1) is 16.7 Å². The number of para-hydroxylation sites is 3. The summed E-state index contributed by atoms with van der Waals surface area (Å²) in [5.74, 6) is 1.68. The van der Waals surface area contributed by atoms with Crippen LogP contribution in [0.1, 0.15) is 36.0 Å². The van der Waals surface area contributed by atoms with Gasteiger partial charge < -0.3 is 18.9 Å². The molecule has 0 bridgehead atoms. The Balaban J connectivity index is 0.00000427. The van der Waals surface area contributed by atoms with Gasteiger partial charge in [-0.2, -0.15) is 6.07 Å². The van der Waals surface area contributed by atoms with Crippen LogP contribution in [-0.2, 0) is 33.8 Å². The molecule has 0 radical (unpaired) electrons. The van der Waals surface area contributed by atoms with Crippen LogP contribution >= 0.6 is 0 Å². The summed E-state index contributed by atoms with van der Waals surface area (Å²) in [5.41, 5.74) is 7.61. The first-order valence-electron chi connectivity index (χ1n) is 18.6. The number of hydrogen-bond donors (Lipinski definition) is 0. The Morgan fingerprint density at radius 3 is 2.08 bits per heavy atom. The van der Waals surface area contributed by atoms with Crippen molar-refractivity contribution >= 4 is 43.6 Å². The Bertz CT molecular complexity index is 2850. The molecule has 0 fully saturated rings. The second-order valence-corrected chi connectivity index (χ2v) is 12.3. The molecule has 5 aromatic carbocycles. The summed E-state index contributed by atoms with van der Waals surface area (Å²) in [6.45, 7) is 5.15. The maximum absolute atomic E-state index is 8.81. The Morgan fingerprint density at radius 1 is 0.647 bits per heavy atom. The zero-order valence-electron chi connectivity index (χ0n) is 32.1. The molecule has 0 aliphatic rings. The molecule has 6 heteroatoms. The molecule has 51 heavy (non-hydrogen) atoms. The van der Waals surface area contributed by atoms with Gasteiger partial charge in [-0.1, -0.05) is 91.7 Å². The Hall–Kier alpha value is -5.51. The SMILES string of the molecule is [2H]C([2H])(C)c1cccc2c3cccc(C([2H])([2H])C)c3n(-c3ccnc(-n4c5[c-]c(Oc6[c-]c(-c7cc(C)ccn7)ccc6)ccc5c5ccccc54)c3)c12.[Pt+2].